The van der Waals surface area contributed by atoms with E-state index in [9.17, 15) is 9.59 Å². The molecule has 1 fully saturated rings. The molecule has 1 aliphatic rings. The van der Waals surface area contributed by atoms with Gasteiger partial charge in [0.1, 0.15) is 11.7 Å². The van der Waals surface area contributed by atoms with Crippen LogP contribution in [0, 0.1) is 6.92 Å². The number of H-pyrrole nitrogens is 1. The van der Waals surface area contributed by atoms with Gasteiger partial charge in [0.2, 0.25) is 0 Å². The summed E-state index contributed by atoms with van der Waals surface area (Å²) in [6.45, 7) is 3.22. The molecule has 4 aromatic rings. The molecule has 1 saturated heterocycles. The summed E-state index contributed by atoms with van der Waals surface area (Å²) in [7, 11) is 1.40. The van der Waals surface area contributed by atoms with Crippen LogP contribution in [0.3, 0.4) is 0 Å². The molecular formula is C29H28ClN3O3. The maximum atomic E-state index is 13.6. The highest BCUT2D eigenvalue weighted by Crippen LogP contribution is 2.34. The number of halogens is 1. The number of ether oxygens (including phenoxy) is 1. The van der Waals surface area contributed by atoms with Crippen molar-refractivity contribution in [3.05, 3.63) is 94.6 Å². The minimum absolute atomic E-state index is 0.204. The van der Waals surface area contributed by atoms with Crippen LogP contribution in [0.2, 0.25) is 5.02 Å². The first-order valence-electron chi connectivity index (χ1n) is 12.0. The van der Waals surface area contributed by atoms with Gasteiger partial charge in [-0.1, -0.05) is 66.2 Å². The molecule has 3 aromatic carbocycles. The number of amides is 1. The summed E-state index contributed by atoms with van der Waals surface area (Å²) in [6, 6.07) is 22.9. The maximum absolute atomic E-state index is 13.6. The van der Waals surface area contributed by atoms with E-state index in [0.717, 1.165) is 33.2 Å². The van der Waals surface area contributed by atoms with Gasteiger partial charge in [-0.2, -0.15) is 0 Å². The first-order chi connectivity index (χ1) is 17.4. The minimum Gasteiger partial charge on any atom is -0.468 e. The number of hydrogen-bond acceptors (Lipinski definition) is 4. The van der Waals surface area contributed by atoms with Crippen molar-refractivity contribution in [2.75, 3.05) is 13.7 Å². The number of esters is 1. The topological polar surface area (TPSA) is 74.4 Å². The summed E-state index contributed by atoms with van der Waals surface area (Å²) in [5.41, 5.74) is 5.37. The summed E-state index contributed by atoms with van der Waals surface area (Å²) in [6.07, 6.45) is 0.483. The second-order valence-corrected chi connectivity index (χ2v) is 9.67. The number of aromatic nitrogens is 1. The molecule has 2 heterocycles. The number of carbonyl (C=O) groups excluding carboxylic acids is 2. The van der Waals surface area contributed by atoms with Gasteiger partial charge >= 0.3 is 5.97 Å². The highest BCUT2D eigenvalue weighted by molar-refractivity contribution is 6.31. The van der Waals surface area contributed by atoms with Crippen LogP contribution in [0.15, 0.2) is 72.8 Å². The van der Waals surface area contributed by atoms with Crippen molar-refractivity contribution in [2.24, 2.45) is 0 Å². The summed E-state index contributed by atoms with van der Waals surface area (Å²) in [5.74, 6) is -0.502. The Balaban J connectivity index is 1.43. The highest BCUT2D eigenvalue weighted by atomic mass is 35.5. The first-order valence-corrected chi connectivity index (χ1v) is 12.4. The van der Waals surface area contributed by atoms with Crippen LogP contribution in [0.5, 0.6) is 0 Å². The summed E-state index contributed by atoms with van der Waals surface area (Å²) in [5, 5.41) is 4.66. The molecule has 0 unspecified atom stereocenters. The van der Waals surface area contributed by atoms with E-state index < -0.39 is 6.04 Å². The lowest BCUT2D eigenvalue weighted by Crippen LogP contribution is -2.38. The molecule has 36 heavy (non-hydrogen) atoms. The molecule has 0 saturated carbocycles. The molecule has 0 radical (unpaired) electrons. The SMILES string of the molecule is COC(=O)[C@@H]1C[C@H](NC(=O)c2[nH]c3ccc(Cl)cc3c2-c2ccccc2)CN1Cc1ccccc1C. The number of aromatic amines is 1. The van der Waals surface area contributed by atoms with Gasteiger partial charge in [0.15, 0.2) is 0 Å². The normalized spacial score (nSPS) is 17.9. The smallest absolute Gasteiger partial charge is 0.323 e. The van der Waals surface area contributed by atoms with Gasteiger partial charge in [-0.15, -0.1) is 0 Å². The quantitative estimate of drug-likeness (QED) is 0.350. The average molecular weight is 502 g/mol. The third kappa shape index (κ3) is 4.74. The fourth-order valence-corrected chi connectivity index (χ4v) is 5.24. The molecule has 184 valence electrons. The molecule has 0 bridgehead atoms. The molecule has 1 amide bonds. The van der Waals surface area contributed by atoms with E-state index in [4.69, 9.17) is 16.3 Å². The Morgan fingerprint density at radius 2 is 1.83 bits per heavy atom. The maximum Gasteiger partial charge on any atom is 0.323 e. The molecule has 7 heteroatoms. The Morgan fingerprint density at radius 3 is 2.58 bits per heavy atom. The second-order valence-electron chi connectivity index (χ2n) is 9.23. The van der Waals surface area contributed by atoms with Gasteiger partial charge in [-0.25, -0.2) is 0 Å². The number of nitrogens with zero attached hydrogens (tertiary/aromatic N) is 1. The second kappa shape index (κ2) is 10.2. The Hall–Kier alpha value is -3.61. The monoisotopic (exact) mass is 501 g/mol. The lowest BCUT2D eigenvalue weighted by atomic mass is 10.0. The predicted molar refractivity (Wildman–Crippen MR) is 142 cm³/mol. The van der Waals surface area contributed by atoms with Gasteiger partial charge in [-0.05, 0) is 48.2 Å². The zero-order valence-corrected chi connectivity index (χ0v) is 21.0. The van der Waals surface area contributed by atoms with Crippen LogP contribution in [0.25, 0.3) is 22.0 Å². The number of rotatable bonds is 6. The van der Waals surface area contributed by atoms with E-state index in [1.165, 1.54) is 7.11 Å². The number of methoxy groups -OCH3 is 1. The predicted octanol–water partition coefficient (Wildman–Crippen LogP) is 5.34. The van der Waals surface area contributed by atoms with E-state index in [0.29, 0.717) is 30.2 Å². The summed E-state index contributed by atoms with van der Waals surface area (Å²) in [4.78, 5) is 31.6. The highest BCUT2D eigenvalue weighted by Gasteiger charge is 2.38. The number of hydrogen-bond donors (Lipinski definition) is 2. The van der Waals surface area contributed by atoms with Crippen LogP contribution in [-0.4, -0.2) is 47.5 Å². The van der Waals surface area contributed by atoms with Gasteiger partial charge in [-0.3, -0.25) is 14.5 Å². The van der Waals surface area contributed by atoms with Crippen LogP contribution in [0.1, 0.15) is 28.0 Å². The third-order valence-electron chi connectivity index (χ3n) is 6.90. The number of fused-ring (bicyclic) bond motifs is 1. The largest absolute Gasteiger partial charge is 0.468 e. The molecule has 6 nitrogen and oxygen atoms in total. The number of aryl methyl sites for hydroxylation is 1. The molecule has 0 spiro atoms. The zero-order chi connectivity index (χ0) is 25.2. The Morgan fingerprint density at radius 1 is 1.08 bits per heavy atom. The van der Waals surface area contributed by atoms with Crippen LogP contribution in [-0.2, 0) is 16.1 Å². The van der Waals surface area contributed by atoms with Crippen molar-refractivity contribution >= 4 is 34.4 Å². The lowest BCUT2D eigenvalue weighted by Gasteiger charge is -2.23. The number of carbonyl (C=O) groups is 2. The van der Waals surface area contributed by atoms with Gasteiger partial charge in [0, 0.05) is 40.6 Å². The Bertz CT molecular complexity index is 1420. The third-order valence-corrected chi connectivity index (χ3v) is 7.13. The van der Waals surface area contributed by atoms with E-state index in [2.05, 4.69) is 34.3 Å². The molecule has 2 atom stereocenters. The number of likely N-dealkylation sites (tertiary alicyclic amines) is 1. The van der Waals surface area contributed by atoms with Crippen LogP contribution < -0.4 is 5.32 Å². The fraction of sp³-hybridized carbons (Fsp3) is 0.241. The van der Waals surface area contributed by atoms with Crippen molar-refractivity contribution in [1.82, 2.24) is 15.2 Å². The fourth-order valence-electron chi connectivity index (χ4n) is 5.07. The van der Waals surface area contributed by atoms with Gasteiger partial charge < -0.3 is 15.0 Å². The molecule has 2 N–H and O–H groups in total. The number of benzene rings is 3. The van der Waals surface area contributed by atoms with Gasteiger partial charge in [0.25, 0.3) is 5.91 Å². The van der Waals surface area contributed by atoms with Crippen LogP contribution in [0.4, 0.5) is 0 Å². The van der Waals surface area contributed by atoms with Crippen molar-refractivity contribution in [3.63, 3.8) is 0 Å². The van der Waals surface area contributed by atoms with Crippen molar-refractivity contribution in [1.29, 1.82) is 0 Å². The van der Waals surface area contributed by atoms with Crippen LogP contribution >= 0.6 is 11.6 Å². The summed E-state index contributed by atoms with van der Waals surface area (Å²) >= 11 is 6.29. The van der Waals surface area contributed by atoms with E-state index in [1.54, 1.807) is 6.07 Å². The Kier molecular flexibility index (Phi) is 6.81. The zero-order valence-electron chi connectivity index (χ0n) is 20.3. The standard InChI is InChI=1S/C29H28ClN3O3/c1-18-8-6-7-11-20(18)16-33-17-22(15-25(33)29(35)36-2)31-28(34)27-26(19-9-4-3-5-10-19)23-14-21(30)12-13-24(23)32-27/h3-14,22,25,32H,15-17H2,1-2H3,(H,31,34)/t22-,25-/m0/s1. The molecule has 1 aliphatic heterocycles. The number of nitrogens with one attached hydrogen (secondary N) is 2. The van der Waals surface area contributed by atoms with E-state index in [1.807, 2.05) is 54.6 Å². The molecular weight excluding hydrogens is 474 g/mol. The van der Waals surface area contributed by atoms with Crippen molar-refractivity contribution < 1.29 is 14.3 Å². The van der Waals surface area contributed by atoms with Crippen molar-refractivity contribution in [3.8, 4) is 11.1 Å². The van der Waals surface area contributed by atoms with E-state index >= 15 is 0 Å². The average Bonchev–Trinajstić information content (AvgIpc) is 3.46. The van der Waals surface area contributed by atoms with Gasteiger partial charge in [0.05, 0.1) is 7.11 Å². The summed E-state index contributed by atoms with van der Waals surface area (Å²) < 4.78 is 5.09. The van der Waals surface area contributed by atoms with Crippen molar-refractivity contribution in [2.45, 2.75) is 32.0 Å². The van der Waals surface area contributed by atoms with E-state index in [-0.39, 0.29) is 17.9 Å². The first kappa shape index (κ1) is 24.1. The Labute approximate surface area is 215 Å². The minimum atomic E-state index is -0.421. The molecule has 1 aromatic heterocycles. The molecule has 5 rings (SSSR count). The lowest BCUT2D eigenvalue weighted by molar-refractivity contribution is -0.146. The molecule has 0 aliphatic carbocycles.